The van der Waals surface area contributed by atoms with E-state index in [1.807, 2.05) is 24.3 Å². The van der Waals surface area contributed by atoms with E-state index in [1.54, 1.807) is 7.11 Å². The molecule has 0 radical (unpaired) electrons. The van der Waals surface area contributed by atoms with Crippen LogP contribution in [0.4, 0.5) is 0 Å². The summed E-state index contributed by atoms with van der Waals surface area (Å²) < 4.78 is 18.2. The Bertz CT molecular complexity index is 810. The minimum absolute atomic E-state index is 0.0690. The molecule has 1 aliphatic heterocycles. The molecule has 3 heteroatoms. The van der Waals surface area contributed by atoms with E-state index in [1.165, 1.54) is 0 Å². The van der Waals surface area contributed by atoms with Crippen LogP contribution >= 0.6 is 0 Å². The van der Waals surface area contributed by atoms with E-state index in [-0.39, 0.29) is 12.4 Å². The van der Waals surface area contributed by atoms with Crippen LogP contribution in [-0.4, -0.2) is 26.1 Å². The average molecular weight is 386 g/mol. The van der Waals surface area contributed by atoms with Crippen molar-refractivity contribution in [3.63, 3.8) is 0 Å². The molecule has 0 bridgehead atoms. The van der Waals surface area contributed by atoms with Crippen molar-refractivity contribution in [2.45, 2.75) is 24.4 Å². The summed E-state index contributed by atoms with van der Waals surface area (Å²) in [5.74, 6) is 0. The van der Waals surface area contributed by atoms with Crippen molar-refractivity contribution < 1.29 is 14.2 Å². The molecule has 4 rings (SSSR count). The summed E-state index contributed by atoms with van der Waals surface area (Å²) >= 11 is 0. The maximum atomic E-state index is 6.81. The molecule has 29 heavy (non-hydrogen) atoms. The molecule has 0 fully saturated rings. The van der Waals surface area contributed by atoms with E-state index >= 15 is 0 Å². The predicted molar refractivity (Wildman–Crippen MR) is 115 cm³/mol. The zero-order valence-corrected chi connectivity index (χ0v) is 16.6. The normalized spacial score (nSPS) is 19.2. The first-order chi connectivity index (χ1) is 14.3. The predicted octanol–water partition coefficient (Wildman–Crippen LogP) is 5.31. The summed E-state index contributed by atoms with van der Waals surface area (Å²) in [6, 6.07) is 31.2. The van der Waals surface area contributed by atoms with E-state index in [2.05, 4.69) is 78.9 Å². The molecule has 0 aliphatic carbocycles. The molecule has 0 saturated carbocycles. The van der Waals surface area contributed by atoms with Crippen LogP contribution in [0.1, 0.15) is 23.1 Å². The molecule has 1 aliphatic rings. The van der Waals surface area contributed by atoms with Crippen LogP contribution in [0.5, 0.6) is 0 Å². The van der Waals surface area contributed by atoms with Crippen LogP contribution in [-0.2, 0) is 19.8 Å². The van der Waals surface area contributed by atoms with Gasteiger partial charge in [0.2, 0.25) is 0 Å². The third-order valence-corrected chi connectivity index (χ3v) is 5.28. The van der Waals surface area contributed by atoms with Crippen LogP contribution in [0.15, 0.2) is 103 Å². The zero-order valence-electron chi connectivity index (χ0n) is 16.6. The van der Waals surface area contributed by atoms with Crippen molar-refractivity contribution in [2.24, 2.45) is 0 Å². The summed E-state index contributed by atoms with van der Waals surface area (Å²) in [5.41, 5.74) is 2.54. The fourth-order valence-corrected chi connectivity index (χ4v) is 3.86. The Labute approximate surface area is 172 Å². The van der Waals surface area contributed by atoms with Gasteiger partial charge in [-0.3, -0.25) is 0 Å². The lowest BCUT2D eigenvalue weighted by molar-refractivity contribution is -0.158. The molecule has 3 aromatic carbocycles. The van der Waals surface area contributed by atoms with Crippen LogP contribution in [0, 0.1) is 0 Å². The van der Waals surface area contributed by atoms with Gasteiger partial charge >= 0.3 is 0 Å². The maximum absolute atomic E-state index is 6.81. The van der Waals surface area contributed by atoms with E-state index in [0.717, 1.165) is 23.1 Å². The summed E-state index contributed by atoms with van der Waals surface area (Å²) in [6.07, 6.45) is 4.45. The maximum Gasteiger partial charge on any atom is 0.176 e. The molecule has 1 heterocycles. The van der Waals surface area contributed by atoms with Gasteiger partial charge in [-0.05, 0) is 29.2 Å². The van der Waals surface area contributed by atoms with Gasteiger partial charge in [0.25, 0.3) is 0 Å². The molecule has 0 N–H and O–H groups in total. The molecule has 0 unspecified atom stereocenters. The van der Waals surface area contributed by atoms with Crippen LogP contribution in [0.2, 0.25) is 0 Å². The van der Waals surface area contributed by atoms with Crippen molar-refractivity contribution in [3.8, 4) is 0 Å². The standard InChI is InChI=1S/C26H26O3/c1-27-25-19-11-18-24(29-25)20-28-26(21-12-5-2-6-13-21,22-14-7-3-8-15-22)23-16-9-4-10-17-23/h2-17,19,24-25H,18,20H2,1H3/t24-,25+/m1/s1. The molecule has 0 spiro atoms. The fraction of sp³-hybridized carbons (Fsp3) is 0.231. The van der Waals surface area contributed by atoms with Crippen molar-refractivity contribution in [3.05, 3.63) is 120 Å². The monoisotopic (exact) mass is 386 g/mol. The molecule has 2 atom stereocenters. The molecule has 0 amide bonds. The third-order valence-electron chi connectivity index (χ3n) is 5.28. The largest absolute Gasteiger partial charge is 0.358 e. The fourth-order valence-electron chi connectivity index (χ4n) is 3.86. The van der Waals surface area contributed by atoms with Crippen molar-refractivity contribution in [1.29, 1.82) is 0 Å². The number of benzene rings is 3. The third kappa shape index (κ3) is 4.18. The summed E-state index contributed by atoms with van der Waals surface area (Å²) in [6.45, 7) is 0.447. The minimum atomic E-state index is -0.725. The highest BCUT2D eigenvalue weighted by Crippen LogP contribution is 2.40. The quantitative estimate of drug-likeness (QED) is 0.407. The molecule has 0 aromatic heterocycles. The Morgan fingerprint density at radius 1 is 0.793 bits per heavy atom. The summed E-state index contributed by atoms with van der Waals surface area (Å²) in [7, 11) is 1.65. The lowest BCUT2D eigenvalue weighted by Crippen LogP contribution is -2.38. The number of hydrogen-bond acceptors (Lipinski definition) is 3. The van der Waals surface area contributed by atoms with Gasteiger partial charge in [-0.1, -0.05) is 97.1 Å². The molecule has 3 aromatic rings. The van der Waals surface area contributed by atoms with Gasteiger partial charge in [0.15, 0.2) is 6.29 Å². The number of rotatable bonds is 7. The second-order valence-electron chi connectivity index (χ2n) is 7.12. The Balaban J connectivity index is 1.77. The second kappa shape index (κ2) is 9.19. The first-order valence-corrected chi connectivity index (χ1v) is 9.98. The van der Waals surface area contributed by atoms with E-state index in [9.17, 15) is 0 Å². The smallest absolute Gasteiger partial charge is 0.176 e. The Kier molecular flexibility index (Phi) is 6.20. The van der Waals surface area contributed by atoms with E-state index in [0.29, 0.717) is 6.61 Å². The van der Waals surface area contributed by atoms with Gasteiger partial charge in [0.05, 0.1) is 12.7 Å². The van der Waals surface area contributed by atoms with Gasteiger partial charge in [-0.25, -0.2) is 0 Å². The molecular formula is C26H26O3. The Morgan fingerprint density at radius 2 is 1.28 bits per heavy atom. The number of hydrogen-bond donors (Lipinski definition) is 0. The van der Waals surface area contributed by atoms with E-state index < -0.39 is 5.60 Å². The zero-order chi connectivity index (χ0) is 19.9. The van der Waals surface area contributed by atoms with Crippen LogP contribution in [0.25, 0.3) is 0 Å². The molecule has 0 saturated heterocycles. The Morgan fingerprint density at radius 3 is 1.72 bits per heavy atom. The summed E-state index contributed by atoms with van der Waals surface area (Å²) in [4.78, 5) is 0. The SMILES string of the molecule is CO[C@@H]1C=CC[C@H](COC(c2ccccc2)(c2ccccc2)c2ccccc2)O1. The highest BCUT2D eigenvalue weighted by molar-refractivity contribution is 5.47. The summed E-state index contributed by atoms with van der Waals surface area (Å²) in [5, 5.41) is 0. The molecule has 148 valence electrons. The first-order valence-electron chi connectivity index (χ1n) is 9.98. The lowest BCUT2D eigenvalue weighted by Gasteiger charge is -2.37. The molecule has 3 nitrogen and oxygen atoms in total. The lowest BCUT2D eigenvalue weighted by atomic mass is 9.80. The van der Waals surface area contributed by atoms with Gasteiger partial charge in [-0.2, -0.15) is 0 Å². The van der Waals surface area contributed by atoms with Crippen molar-refractivity contribution in [2.75, 3.05) is 13.7 Å². The van der Waals surface area contributed by atoms with Crippen molar-refractivity contribution in [1.82, 2.24) is 0 Å². The molecular weight excluding hydrogens is 360 g/mol. The highest BCUT2D eigenvalue weighted by atomic mass is 16.7. The van der Waals surface area contributed by atoms with Gasteiger partial charge < -0.3 is 14.2 Å². The van der Waals surface area contributed by atoms with Gasteiger partial charge in [0.1, 0.15) is 5.60 Å². The number of methoxy groups -OCH3 is 1. The Hall–Kier alpha value is -2.72. The van der Waals surface area contributed by atoms with Crippen LogP contribution in [0.3, 0.4) is 0 Å². The second-order valence-corrected chi connectivity index (χ2v) is 7.12. The average Bonchev–Trinajstić information content (AvgIpc) is 2.82. The highest BCUT2D eigenvalue weighted by Gasteiger charge is 2.38. The van der Waals surface area contributed by atoms with Crippen molar-refractivity contribution >= 4 is 0 Å². The van der Waals surface area contributed by atoms with Gasteiger partial charge in [-0.15, -0.1) is 0 Å². The minimum Gasteiger partial charge on any atom is -0.358 e. The first kappa shape index (κ1) is 19.6. The number of ether oxygens (including phenoxy) is 3. The van der Waals surface area contributed by atoms with E-state index in [4.69, 9.17) is 14.2 Å². The van der Waals surface area contributed by atoms with Crippen LogP contribution < -0.4 is 0 Å². The topological polar surface area (TPSA) is 27.7 Å². The van der Waals surface area contributed by atoms with Gasteiger partial charge in [0, 0.05) is 7.11 Å².